The Kier molecular flexibility index (Phi) is 2.86. The lowest BCUT2D eigenvalue weighted by Crippen LogP contribution is -2.44. The number of nitrogen functional groups attached to an aromatic ring is 1. The molecule has 1 saturated heterocycles. The molecule has 3 atom stereocenters. The van der Waals surface area contributed by atoms with Gasteiger partial charge in [-0.25, -0.2) is 9.18 Å². The Morgan fingerprint density at radius 2 is 2.47 bits per heavy atom. The number of aliphatic hydroxyl groups excluding tert-OH is 1. The van der Waals surface area contributed by atoms with Gasteiger partial charge in [0.05, 0.1) is 13.2 Å². The fourth-order valence-corrected chi connectivity index (χ4v) is 1.63. The summed E-state index contributed by atoms with van der Waals surface area (Å²) >= 11 is 0. The lowest BCUT2D eigenvalue weighted by atomic mass is 10.0. The Hall–Kier alpha value is -1.51. The average molecular weight is 245 g/mol. The molecule has 1 aromatic heterocycles. The van der Waals surface area contributed by atoms with Crippen molar-refractivity contribution >= 4 is 5.82 Å². The molecule has 0 saturated carbocycles. The summed E-state index contributed by atoms with van der Waals surface area (Å²) in [4.78, 5) is 14.9. The Labute approximate surface area is 95.3 Å². The Morgan fingerprint density at radius 1 is 1.76 bits per heavy atom. The molecule has 0 aliphatic carbocycles. The third-order valence-electron chi connectivity index (χ3n) is 2.67. The topological polar surface area (TPSA) is 111 Å². The van der Waals surface area contributed by atoms with Crippen LogP contribution in [0.1, 0.15) is 6.23 Å². The SMILES string of the molecule is Nc1ccn(C2OCC(O)(CO)C2F)c(=O)n1. The van der Waals surface area contributed by atoms with Gasteiger partial charge in [-0.05, 0) is 6.07 Å². The molecule has 1 aliphatic rings. The number of ether oxygens (including phenoxy) is 1. The fourth-order valence-electron chi connectivity index (χ4n) is 1.63. The molecule has 0 spiro atoms. The molecule has 0 aromatic carbocycles. The molecule has 3 unspecified atom stereocenters. The fraction of sp³-hybridized carbons (Fsp3) is 0.556. The zero-order valence-electron chi connectivity index (χ0n) is 8.78. The van der Waals surface area contributed by atoms with Crippen LogP contribution in [-0.2, 0) is 4.74 Å². The lowest BCUT2D eigenvalue weighted by molar-refractivity contribution is -0.0547. The van der Waals surface area contributed by atoms with Gasteiger partial charge < -0.3 is 20.7 Å². The summed E-state index contributed by atoms with van der Waals surface area (Å²) < 4.78 is 19.7. The summed E-state index contributed by atoms with van der Waals surface area (Å²) in [5.41, 5.74) is 2.52. The van der Waals surface area contributed by atoms with E-state index in [1.807, 2.05) is 0 Å². The van der Waals surface area contributed by atoms with E-state index < -0.39 is 36.9 Å². The van der Waals surface area contributed by atoms with Crippen molar-refractivity contribution in [2.75, 3.05) is 18.9 Å². The number of aliphatic hydroxyl groups is 2. The maximum absolute atomic E-state index is 13.8. The molecule has 7 nitrogen and oxygen atoms in total. The second-order valence-corrected chi connectivity index (χ2v) is 3.91. The van der Waals surface area contributed by atoms with E-state index in [0.29, 0.717) is 0 Å². The normalized spacial score (nSPS) is 32.9. The molecule has 0 bridgehead atoms. The number of rotatable bonds is 2. The first-order valence-electron chi connectivity index (χ1n) is 4.91. The summed E-state index contributed by atoms with van der Waals surface area (Å²) in [5.74, 6) is 0.0112. The maximum atomic E-state index is 13.8. The van der Waals surface area contributed by atoms with Gasteiger partial charge in [-0.2, -0.15) is 4.98 Å². The number of nitrogens with zero attached hydrogens (tertiary/aromatic N) is 2. The van der Waals surface area contributed by atoms with Gasteiger partial charge in [-0.3, -0.25) is 4.57 Å². The standard InChI is InChI=1S/C9H12FN3O4/c10-6-7(17-4-9(6,16)3-14)13-2-1-5(11)12-8(13)15/h1-2,6-7,14,16H,3-4H2,(H2,11,12,15). The zero-order chi connectivity index (χ0) is 12.6. The first-order chi connectivity index (χ1) is 7.98. The highest BCUT2D eigenvalue weighted by atomic mass is 19.1. The molecule has 1 aliphatic heterocycles. The van der Waals surface area contributed by atoms with Crippen LogP contribution < -0.4 is 11.4 Å². The van der Waals surface area contributed by atoms with E-state index in [1.54, 1.807) is 0 Å². The van der Waals surface area contributed by atoms with Crippen LogP contribution >= 0.6 is 0 Å². The van der Waals surface area contributed by atoms with Gasteiger partial charge in [-0.1, -0.05) is 0 Å². The first kappa shape index (κ1) is 12.0. The van der Waals surface area contributed by atoms with E-state index in [9.17, 15) is 14.3 Å². The van der Waals surface area contributed by atoms with Crippen LogP contribution in [0.25, 0.3) is 0 Å². The molecular formula is C9H12FN3O4. The number of alkyl halides is 1. The van der Waals surface area contributed by atoms with E-state index in [2.05, 4.69) is 4.98 Å². The van der Waals surface area contributed by atoms with E-state index in [0.717, 1.165) is 4.57 Å². The largest absolute Gasteiger partial charge is 0.393 e. The summed E-state index contributed by atoms with van der Waals surface area (Å²) in [6.45, 7) is -1.19. The van der Waals surface area contributed by atoms with Crippen molar-refractivity contribution in [2.24, 2.45) is 0 Å². The minimum atomic E-state index is -1.99. The van der Waals surface area contributed by atoms with Crippen molar-refractivity contribution in [1.29, 1.82) is 0 Å². The van der Waals surface area contributed by atoms with Gasteiger partial charge in [0.1, 0.15) is 11.4 Å². The van der Waals surface area contributed by atoms with Gasteiger partial charge in [-0.15, -0.1) is 0 Å². The molecule has 17 heavy (non-hydrogen) atoms. The Bertz CT molecular complexity index is 480. The van der Waals surface area contributed by atoms with Gasteiger partial charge in [0.2, 0.25) is 0 Å². The highest BCUT2D eigenvalue weighted by molar-refractivity contribution is 5.23. The smallest absolute Gasteiger partial charge is 0.351 e. The average Bonchev–Trinajstić information content (AvgIpc) is 2.58. The second-order valence-electron chi connectivity index (χ2n) is 3.91. The van der Waals surface area contributed by atoms with E-state index >= 15 is 0 Å². The first-order valence-corrected chi connectivity index (χ1v) is 4.91. The number of hydrogen-bond acceptors (Lipinski definition) is 6. The number of hydrogen-bond donors (Lipinski definition) is 3. The maximum Gasteiger partial charge on any atom is 0.351 e. The third-order valence-corrected chi connectivity index (χ3v) is 2.67. The van der Waals surface area contributed by atoms with Gasteiger partial charge in [0.25, 0.3) is 0 Å². The van der Waals surface area contributed by atoms with Crippen molar-refractivity contribution in [1.82, 2.24) is 9.55 Å². The molecule has 4 N–H and O–H groups in total. The second kappa shape index (κ2) is 4.06. The molecule has 8 heteroatoms. The number of halogens is 1. The van der Waals surface area contributed by atoms with E-state index in [4.69, 9.17) is 15.6 Å². The quantitative estimate of drug-likeness (QED) is 0.579. The van der Waals surface area contributed by atoms with Crippen LogP contribution in [0, 0.1) is 0 Å². The van der Waals surface area contributed by atoms with Crippen LogP contribution in [0.2, 0.25) is 0 Å². The number of nitrogens with two attached hydrogens (primary N) is 1. The van der Waals surface area contributed by atoms with Crippen molar-refractivity contribution in [2.45, 2.75) is 18.0 Å². The molecule has 1 aromatic rings. The lowest BCUT2D eigenvalue weighted by Gasteiger charge is -2.22. The third kappa shape index (κ3) is 1.90. The predicted octanol–water partition coefficient (Wildman–Crippen LogP) is -1.58. The summed E-state index contributed by atoms with van der Waals surface area (Å²) in [7, 11) is 0. The molecule has 2 rings (SSSR count). The molecule has 2 heterocycles. The predicted molar refractivity (Wildman–Crippen MR) is 54.8 cm³/mol. The molecule has 94 valence electrons. The van der Waals surface area contributed by atoms with E-state index in [1.165, 1.54) is 12.3 Å². The van der Waals surface area contributed by atoms with E-state index in [-0.39, 0.29) is 5.82 Å². The Morgan fingerprint density at radius 3 is 3.00 bits per heavy atom. The van der Waals surface area contributed by atoms with Crippen molar-refractivity contribution in [3.63, 3.8) is 0 Å². The van der Waals surface area contributed by atoms with Crippen LogP contribution in [0.4, 0.5) is 10.2 Å². The summed E-state index contributed by atoms with van der Waals surface area (Å²) in [5, 5.41) is 18.5. The molecule has 1 fully saturated rings. The van der Waals surface area contributed by atoms with Gasteiger partial charge >= 0.3 is 5.69 Å². The summed E-state index contributed by atoms with van der Waals surface area (Å²) in [6.07, 6.45) is -2.01. The molecule has 0 radical (unpaired) electrons. The van der Waals surface area contributed by atoms with Crippen LogP contribution in [0.15, 0.2) is 17.1 Å². The number of aromatic nitrogens is 2. The van der Waals surface area contributed by atoms with Crippen LogP contribution in [-0.4, -0.2) is 44.8 Å². The number of anilines is 1. The van der Waals surface area contributed by atoms with Crippen LogP contribution in [0.5, 0.6) is 0 Å². The Balaban J connectivity index is 2.34. The highest BCUT2D eigenvalue weighted by Crippen LogP contribution is 2.33. The van der Waals surface area contributed by atoms with Gasteiger partial charge in [0.15, 0.2) is 12.4 Å². The van der Waals surface area contributed by atoms with Gasteiger partial charge in [0, 0.05) is 6.20 Å². The van der Waals surface area contributed by atoms with Crippen molar-refractivity contribution < 1.29 is 19.3 Å². The van der Waals surface area contributed by atoms with Crippen molar-refractivity contribution in [3.05, 3.63) is 22.7 Å². The zero-order valence-corrected chi connectivity index (χ0v) is 8.78. The minimum absolute atomic E-state index is 0.0112. The molecular weight excluding hydrogens is 233 g/mol. The molecule has 0 amide bonds. The van der Waals surface area contributed by atoms with Crippen molar-refractivity contribution in [3.8, 4) is 0 Å². The van der Waals surface area contributed by atoms with Crippen LogP contribution in [0.3, 0.4) is 0 Å². The minimum Gasteiger partial charge on any atom is -0.393 e. The highest BCUT2D eigenvalue weighted by Gasteiger charge is 2.50. The monoisotopic (exact) mass is 245 g/mol. The summed E-state index contributed by atoms with van der Waals surface area (Å²) in [6, 6.07) is 1.31.